The first-order valence-electron chi connectivity index (χ1n) is 7.77. The van der Waals surface area contributed by atoms with Crippen molar-refractivity contribution in [2.24, 2.45) is 5.10 Å². The van der Waals surface area contributed by atoms with Crippen LogP contribution in [0, 0.1) is 11.6 Å². The molecule has 0 unspecified atom stereocenters. The lowest BCUT2D eigenvalue weighted by atomic mass is 10.2. The summed E-state index contributed by atoms with van der Waals surface area (Å²) in [6, 6.07) is 10.4. The Hall–Kier alpha value is -2.76. The van der Waals surface area contributed by atoms with E-state index in [-0.39, 0.29) is 11.4 Å². The molecule has 1 amide bonds. The molecule has 6 heteroatoms. The van der Waals surface area contributed by atoms with Crippen LogP contribution < -0.4 is 10.3 Å². The second-order valence-corrected chi connectivity index (χ2v) is 5.58. The number of hydrazone groups is 1. The summed E-state index contributed by atoms with van der Waals surface area (Å²) < 4.78 is 27.6. The fourth-order valence-electron chi connectivity index (χ4n) is 2.69. The molecule has 0 bridgehead atoms. The van der Waals surface area contributed by atoms with Gasteiger partial charge in [-0.25, -0.2) is 14.2 Å². The van der Waals surface area contributed by atoms with Gasteiger partial charge in [0.25, 0.3) is 5.91 Å². The molecule has 0 aliphatic carbocycles. The quantitative estimate of drug-likeness (QED) is 0.691. The zero-order valence-electron chi connectivity index (χ0n) is 13.0. The average Bonchev–Trinajstić information content (AvgIpc) is 3.09. The monoisotopic (exact) mass is 329 g/mol. The molecule has 2 aromatic carbocycles. The summed E-state index contributed by atoms with van der Waals surface area (Å²) in [4.78, 5) is 13.8. The summed E-state index contributed by atoms with van der Waals surface area (Å²) in [5.74, 6) is -1.59. The number of amides is 1. The number of carbonyl (C=O) groups excluding carboxylic acids is 1. The minimum absolute atomic E-state index is 0.0924. The topological polar surface area (TPSA) is 44.7 Å². The molecule has 1 fully saturated rings. The summed E-state index contributed by atoms with van der Waals surface area (Å²) in [6.45, 7) is 1.73. The standard InChI is InChI=1S/C18H17F2N3O/c19-15-6-2-1-5-14(15)18(24)22-21-12-13-7-8-17(16(20)11-13)23-9-3-4-10-23/h1-2,5-8,11-12H,3-4,9-10H2,(H,22,24)/b21-12-. The summed E-state index contributed by atoms with van der Waals surface area (Å²) in [5, 5.41) is 3.76. The van der Waals surface area contributed by atoms with E-state index in [9.17, 15) is 13.6 Å². The smallest absolute Gasteiger partial charge is 0.274 e. The lowest BCUT2D eigenvalue weighted by Gasteiger charge is -2.18. The van der Waals surface area contributed by atoms with Crippen molar-refractivity contribution in [3.05, 3.63) is 65.2 Å². The van der Waals surface area contributed by atoms with E-state index < -0.39 is 11.7 Å². The van der Waals surface area contributed by atoms with E-state index in [0.717, 1.165) is 25.9 Å². The van der Waals surface area contributed by atoms with Crippen LogP contribution in [-0.2, 0) is 0 Å². The summed E-state index contributed by atoms with van der Waals surface area (Å²) in [7, 11) is 0. The predicted molar refractivity (Wildman–Crippen MR) is 89.3 cm³/mol. The Morgan fingerprint density at radius 1 is 1.08 bits per heavy atom. The van der Waals surface area contributed by atoms with Gasteiger partial charge < -0.3 is 4.90 Å². The Kier molecular flexibility index (Phi) is 4.84. The molecule has 4 nitrogen and oxygen atoms in total. The summed E-state index contributed by atoms with van der Waals surface area (Å²) in [5.41, 5.74) is 3.24. The van der Waals surface area contributed by atoms with Gasteiger partial charge in [-0.2, -0.15) is 5.10 Å². The number of rotatable bonds is 4. The maximum absolute atomic E-state index is 14.2. The molecule has 0 radical (unpaired) electrons. The van der Waals surface area contributed by atoms with Gasteiger partial charge in [-0.3, -0.25) is 4.79 Å². The summed E-state index contributed by atoms with van der Waals surface area (Å²) in [6.07, 6.45) is 3.48. The highest BCUT2D eigenvalue weighted by Crippen LogP contribution is 2.23. The Labute approximate surface area is 138 Å². The lowest BCUT2D eigenvalue weighted by molar-refractivity contribution is 0.0951. The van der Waals surface area contributed by atoms with Gasteiger partial charge >= 0.3 is 0 Å². The van der Waals surface area contributed by atoms with Crippen molar-refractivity contribution in [2.45, 2.75) is 12.8 Å². The van der Waals surface area contributed by atoms with Gasteiger partial charge in [0.1, 0.15) is 11.6 Å². The number of benzene rings is 2. The molecule has 0 saturated carbocycles. The van der Waals surface area contributed by atoms with Gasteiger partial charge in [0.05, 0.1) is 17.5 Å². The number of nitrogens with one attached hydrogen (secondary N) is 1. The number of anilines is 1. The highest BCUT2D eigenvalue weighted by Gasteiger charge is 2.16. The number of carbonyl (C=O) groups is 1. The molecule has 2 aromatic rings. The van der Waals surface area contributed by atoms with Crippen molar-refractivity contribution in [2.75, 3.05) is 18.0 Å². The maximum atomic E-state index is 14.2. The zero-order chi connectivity index (χ0) is 16.9. The SMILES string of the molecule is O=C(N/N=C\c1ccc(N2CCCC2)c(F)c1)c1ccccc1F. The van der Waals surface area contributed by atoms with Crippen LogP contribution in [0.15, 0.2) is 47.6 Å². The number of hydrogen-bond acceptors (Lipinski definition) is 3. The third kappa shape index (κ3) is 3.59. The van der Waals surface area contributed by atoms with Crippen molar-refractivity contribution in [1.82, 2.24) is 5.43 Å². The third-order valence-corrected chi connectivity index (χ3v) is 3.92. The van der Waals surface area contributed by atoms with Crippen LogP contribution in [0.5, 0.6) is 0 Å². The molecule has 0 spiro atoms. The highest BCUT2D eigenvalue weighted by molar-refractivity contribution is 5.95. The van der Waals surface area contributed by atoms with Crippen LogP contribution in [0.3, 0.4) is 0 Å². The van der Waals surface area contributed by atoms with Crippen LogP contribution in [0.2, 0.25) is 0 Å². The van der Waals surface area contributed by atoms with Gasteiger partial charge in [-0.15, -0.1) is 0 Å². The second kappa shape index (κ2) is 7.21. The minimum atomic E-state index is -0.654. The molecule has 1 N–H and O–H groups in total. The molecule has 1 heterocycles. The van der Waals surface area contributed by atoms with Crippen LogP contribution in [0.25, 0.3) is 0 Å². The van der Waals surface area contributed by atoms with Crippen LogP contribution >= 0.6 is 0 Å². The van der Waals surface area contributed by atoms with Crippen molar-refractivity contribution in [3.8, 4) is 0 Å². The molecular formula is C18H17F2N3O. The molecule has 0 atom stereocenters. The zero-order valence-corrected chi connectivity index (χ0v) is 13.0. The van der Waals surface area contributed by atoms with Crippen LogP contribution in [-0.4, -0.2) is 25.2 Å². The number of hydrogen-bond donors (Lipinski definition) is 1. The Balaban J connectivity index is 1.65. The largest absolute Gasteiger partial charge is 0.369 e. The van der Waals surface area contributed by atoms with Crippen molar-refractivity contribution < 1.29 is 13.6 Å². The van der Waals surface area contributed by atoms with E-state index in [1.54, 1.807) is 18.2 Å². The predicted octanol–water partition coefficient (Wildman–Crippen LogP) is 3.33. The van der Waals surface area contributed by atoms with Gasteiger partial charge in [0.2, 0.25) is 0 Å². The Morgan fingerprint density at radius 2 is 1.83 bits per heavy atom. The fourth-order valence-corrected chi connectivity index (χ4v) is 2.69. The highest BCUT2D eigenvalue weighted by atomic mass is 19.1. The van der Waals surface area contributed by atoms with Crippen LogP contribution in [0.1, 0.15) is 28.8 Å². The lowest BCUT2D eigenvalue weighted by Crippen LogP contribution is -2.19. The van der Waals surface area contributed by atoms with Gasteiger partial charge in [0.15, 0.2) is 0 Å². The third-order valence-electron chi connectivity index (χ3n) is 3.92. The number of halogens is 2. The van der Waals surface area contributed by atoms with Crippen molar-refractivity contribution in [1.29, 1.82) is 0 Å². The molecule has 124 valence electrons. The summed E-state index contributed by atoms with van der Waals surface area (Å²) >= 11 is 0. The van der Waals surface area contributed by atoms with E-state index in [1.807, 2.05) is 4.90 Å². The molecule has 1 aliphatic rings. The first kappa shape index (κ1) is 16.1. The minimum Gasteiger partial charge on any atom is -0.369 e. The van der Waals surface area contributed by atoms with E-state index in [2.05, 4.69) is 10.5 Å². The second-order valence-electron chi connectivity index (χ2n) is 5.58. The van der Waals surface area contributed by atoms with Gasteiger partial charge in [-0.1, -0.05) is 18.2 Å². The fraction of sp³-hybridized carbons (Fsp3) is 0.222. The van der Waals surface area contributed by atoms with E-state index in [4.69, 9.17) is 0 Å². The Morgan fingerprint density at radius 3 is 2.54 bits per heavy atom. The maximum Gasteiger partial charge on any atom is 0.274 e. The van der Waals surface area contributed by atoms with E-state index in [1.165, 1.54) is 30.5 Å². The van der Waals surface area contributed by atoms with Gasteiger partial charge in [-0.05, 0) is 42.7 Å². The number of nitrogens with zero attached hydrogens (tertiary/aromatic N) is 2. The van der Waals surface area contributed by atoms with Crippen LogP contribution in [0.4, 0.5) is 14.5 Å². The normalized spacial score (nSPS) is 14.3. The average molecular weight is 329 g/mol. The molecule has 24 heavy (non-hydrogen) atoms. The van der Waals surface area contributed by atoms with E-state index >= 15 is 0 Å². The van der Waals surface area contributed by atoms with Crippen molar-refractivity contribution in [3.63, 3.8) is 0 Å². The molecule has 1 saturated heterocycles. The van der Waals surface area contributed by atoms with Crippen molar-refractivity contribution >= 4 is 17.8 Å². The first-order valence-corrected chi connectivity index (χ1v) is 7.77. The van der Waals surface area contributed by atoms with E-state index in [0.29, 0.717) is 11.3 Å². The molecule has 0 aromatic heterocycles. The van der Waals surface area contributed by atoms with Gasteiger partial charge in [0, 0.05) is 13.1 Å². The first-order chi connectivity index (χ1) is 11.6. The molecule has 3 rings (SSSR count). The molecular weight excluding hydrogens is 312 g/mol. The molecule has 1 aliphatic heterocycles. The Bertz CT molecular complexity index is 771.